The zero-order chi connectivity index (χ0) is 21.7. The summed E-state index contributed by atoms with van der Waals surface area (Å²) in [6, 6.07) is 15.5. The Morgan fingerprint density at radius 3 is 2.47 bits per heavy atom. The predicted molar refractivity (Wildman–Crippen MR) is 113 cm³/mol. The van der Waals surface area contributed by atoms with Crippen molar-refractivity contribution in [1.29, 1.82) is 0 Å². The summed E-state index contributed by atoms with van der Waals surface area (Å²) in [6.07, 6.45) is 1.98. The highest BCUT2D eigenvalue weighted by molar-refractivity contribution is 6.11. The Morgan fingerprint density at radius 1 is 1.03 bits per heavy atom. The van der Waals surface area contributed by atoms with Gasteiger partial charge in [0.2, 0.25) is 0 Å². The molecule has 0 saturated heterocycles. The second-order valence-corrected chi connectivity index (χ2v) is 6.95. The first-order valence-electron chi connectivity index (χ1n) is 9.70. The molecule has 3 aromatic rings. The topological polar surface area (TPSA) is 85.6 Å². The number of phenols is 1. The van der Waals surface area contributed by atoms with Crippen LogP contribution in [0.25, 0.3) is 0 Å². The van der Waals surface area contributed by atoms with Gasteiger partial charge in [-0.1, -0.05) is 42.0 Å². The highest BCUT2D eigenvalue weighted by atomic mass is 16.5. The Labute approximate surface area is 174 Å². The number of ketones is 1. The number of carbonyl (C=O) groups is 2. The minimum absolute atomic E-state index is 0.109. The third kappa shape index (κ3) is 4.66. The van der Waals surface area contributed by atoms with Crippen LogP contribution in [0.15, 0.2) is 65.6 Å². The molecule has 0 unspecified atom stereocenters. The van der Waals surface area contributed by atoms with Gasteiger partial charge in [0, 0.05) is 18.3 Å². The van der Waals surface area contributed by atoms with Gasteiger partial charge >= 0.3 is 5.97 Å². The lowest BCUT2D eigenvalue weighted by molar-refractivity contribution is 0.0523. The summed E-state index contributed by atoms with van der Waals surface area (Å²) in [5.41, 5.74) is 1.34. The molecule has 30 heavy (non-hydrogen) atoms. The van der Waals surface area contributed by atoms with E-state index >= 15 is 0 Å². The molecule has 0 radical (unpaired) electrons. The first kappa shape index (κ1) is 21.0. The third-order valence-corrected chi connectivity index (χ3v) is 4.72. The number of nitrogens with zero attached hydrogens (tertiary/aromatic N) is 1. The fourth-order valence-electron chi connectivity index (χ4n) is 3.16. The summed E-state index contributed by atoms with van der Waals surface area (Å²) in [5.74, 6) is -1.42. The van der Waals surface area contributed by atoms with Gasteiger partial charge in [-0.25, -0.2) is 4.79 Å². The summed E-state index contributed by atoms with van der Waals surface area (Å²) >= 11 is 0. The number of aryl methyl sites for hydroxylation is 3. The molecule has 0 aliphatic heterocycles. The van der Waals surface area contributed by atoms with E-state index in [0.29, 0.717) is 6.42 Å². The van der Waals surface area contributed by atoms with Crippen LogP contribution >= 0.6 is 0 Å². The number of rotatable bonds is 7. The zero-order valence-corrected chi connectivity index (χ0v) is 16.9. The standard InChI is InChI=1S/C24H23NO5/c1-3-30-24(29)20-14-18(22(27)19-13-16(2)9-10-21(19)26)15-25(23(20)28)12-11-17-7-5-4-6-8-17/h4-10,13-15,26H,3,11-12H2,1-2H3. The molecule has 0 saturated carbocycles. The highest BCUT2D eigenvalue weighted by Crippen LogP contribution is 2.22. The van der Waals surface area contributed by atoms with Crippen LogP contribution in [0.1, 0.15) is 44.3 Å². The van der Waals surface area contributed by atoms with Gasteiger partial charge in [0.25, 0.3) is 5.56 Å². The molecule has 1 N–H and O–H groups in total. The van der Waals surface area contributed by atoms with Crippen LogP contribution < -0.4 is 5.56 Å². The fourth-order valence-corrected chi connectivity index (χ4v) is 3.16. The SMILES string of the molecule is CCOC(=O)c1cc(C(=O)c2cc(C)ccc2O)cn(CCc2ccccc2)c1=O. The number of hydrogen-bond acceptors (Lipinski definition) is 5. The molecule has 6 nitrogen and oxygen atoms in total. The normalized spacial score (nSPS) is 10.6. The Hall–Kier alpha value is -3.67. The Balaban J connectivity index is 2.04. The lowest BCUT2D eigenvalue weighted by atomic mass is 10.0. The number of hydrogen-bond donors (Lipinski definition) is 1. The second-order valence-electron chi connectivity index (χ2n) is 6.95. The van der Waals surface area contributed by atoms with E-state index in [1.54, 1.807) is 26.0 Å². The van der Waals surface area contributed by atoms with Crippen LogP contribution in [-0.4, -0.2) is 28.0 Å². The Morgan fingerprint density at radius 2 is 1.77 bits per heavy atom. The van der Waals surface area contributed by atoms with Crippen LogP contribution in [0.3, 0.4) is 0 Å². The van der Waals surface area contributed by atoms with E-state index in [4.69, 9.17) is 4.74 Å². The van der Waals surface area contributed by atoms with E-state index in [-0.39, 0.29) is 35.6 Å². The summed E-state index contributed by atoms with van der Waals surface area (Å²) in [5, 5.41) is 10.1. The largest absolute Gasteiger partial charge is 0.507 e. The molecular weight excluding hydrogens is 382 g/mol. The minimum Gasteiger partial charge on any atom is -0.507 e. The van der Waals surface area contributed by atoms with Crippen LogP contribution in [0.5, 0.6) is 5.75 Å². The number of aromatic hydroxyl groups is 1. The molecule has 0 spiro atoms. The molecule has 0 amide bonds. The summed E-state index contributed by atoms with van der Waals surface area (Å²) in [7, 11) is 0. The molecule has 0 aliphatic carbocycles. The minimum atomic E-state index is -0.779. The molecule has 0 atom stereocenters. The molecule has 1 heterocycles. The number of ether oxygens (including phenoxy) is 1. The summed E-state index contributed by atoms with van der Waals surface area (Å²) in [6.45, 7) is 3.85. The molecule has 154 valence electrons. The predicted octanol–water partition coefficient (Wildman–Crippen LogP) is 3.51. The van der Waals surface area contributed by atoms with E-state index < -0.39 is 17.3 Å². The quantitative estimate of drug-likeness (QED) is 0.480. The van der Waals surface area contributed by atoms with Crippen molar-refractivity contribution >= 4 is 11.8 Å². The van der Waals surface area contributed by atoms with Crippen molar-refractivity contribution in [1.82, 2.24) is 4.57 Å². The van der Waals surface area contributed by atoms with Gasteiger partial charge in [-0.05, 0) is 44.0 Å². The number of phenolic OH excluding ortho intramolecular Hbond substituents is 1. The van der Waals surface area contributed by atoms with Crippen molar-refractivity contribution in [2.45, 2.75) is 26.8 Å². The van der Waals surface area contributed by atoms with Gasteiger partial charge in [-0.2, -0.15) is 0 Å². The van der Waals surface area contributed by atoms with Crippen LogP contribution in [-0.2, 0) is 17.7 Å². The Bertz CT molecular complexity index is 1130. The van der Waals surface area contributed by atoms with Crippen molar-refractivity contribution in [2.24, 2.45) is 0 Å². The van der Waals surface area contributed by atoms with Gasteiger partial charge in [-0.15, -0.1) is 0 Å². The van der Waals surface area contributed by atoms with Crippen molar-refractivity contribution < 1.29 is 19.4 Å². The van der Waals surface area contributed by atoms with Crippen LogP contribution in [0, 0.1) is 6.92 Å². The average molecular weight is 405 g/mol. The second kappa shape index (κ2) is 9.22. The number of aromatic nitrogens is 1. The zero-order valence-electron chi connectivity index (χ0n) is 16.9. The fraction of sp³-hybridized carbons (Fsp3) is 0.208. The van der Waals surface area contributed by atoms with E-state index in [1.165, 1.54) is 22.9 Å². The van der Waals surface area contributed by atoms with Gasteiger partial charge in [0.05, 0.1) is 12.2 Å². The molecule has 0 aliphatic rings. The van der Waals surface area contributed by atoms with E-state index in [0.717, 1.165) is 11.1 Å². The monoisotopic (exact) mass is 405 g/mol. The molecule has 6 heteroatoms. The first-order chi connectivity index (χ1) is 14.4. The maximum Gasteiger partial charge on any atom is 0.343 e. The van der Waals surface area contributed by atoms with Crippen LogP contribution in [0.2, 0.25) is 0 Å². The highest BCUT2D eigenvalue weighted by Gasteiger charge is 2.21. The molecule has 0 fully saturated rings. The van der Waals surface area contributed by atoms with Crippen molar-refractivity contribution in [3.8, 4) is 5.75 Å². The molecule has 1 aromatic heterocycles. The van der Waals surface area contributed by atoms with Gasteiger partial charge < -0.3 is 14.4 Å². The number of benzene rings is 2. The lowest BCUT2D eigenvalue weighted by Gasteiger charge is -2.12. The Kier molecular flexibility index (Phi) is 6.47. The van der Waals surface area contributed by atoms with E-state index in [2.05, 4.69) is 0 Å². The lowest BCUT2D eigenvalue weighted by Crippen LogP contribution is -2.29. The molecule has 0 bridgehead atoms. The van der Waals surface area contributed by atoms with Crippen molar-refractivity contribution in [2.75, 3.05) is 6.61 Å². The first-order valence-corrected chi connectivity index (χ1v) is 9.70. The van der Waals surface area contributed by atoms with E-state index in [1.807, 2.05) is 30.3 Å². The summed E-state index contributed by atoms with van der Waals surface area (Å²) < 4.78 is 6.34. The van der Waals surface area contributed by atoms with Crippen molar-refractivity contribution in [3.63, 3.8) is 0 Å². The van der Waals surface area contributed by atoms with Crippen molar-refractivity contribution in [3.05, 3.63) is 99.0 Å². The van der Waals surface area contributed by atoms with Gasteiger partial charge in [-0.3, -0.25) is 9.59 Å². The van der Waals surface area contributed by atoms with Gasteiger partial charge in [0.15, 0.2) is 5.78 Å². The van der Waals surface area contributed by atoms with Gasteiger partial charge in [0.1, 0.15) is 11.3 Å². The third-order valence-electron chi connectivity index (χ3n) is 4.72. The maximum atomic E-state index is 13.1. The number of pyridine rings is 1. The number of carbonyl (C=O) groups excluding carboxylic acids is 2. The smallest absolute Gasteiger partial charge is 0.343 e. The van der Waals surface area contributed by atoms with Crippen LogP contribution in [0.4, 0.5) is 0 Å². The molecule has 2 aromatic carbocycles. The van der Waals surface area contributed by atoms with E-state index in [9.17, 15) is 19.5 Å². The maximum absolute atomic E-state index is 13.1. The number of esters is 1. The molecular formula is C24H23NO5. The molecule has 3 rings (SSSR count). The summed E-state index contributed by atoms with van der Waals surface area (Å²) in [4.78, 5) is 38.2. The average Bonchev–Trinajstić information content (AvgIpc) is 2.75.